The van der Waals surface area contributed by atoms with Gasteiger partial charge >= 0.3 is 0 Å². The van der Waals surface area contributed by atoms with E-state index in [0.29, 0.717) is 24.5 Å². The maximum absolute atomic E-state index is 12.1. The summed E-state index contributed by atoms with van der Waals surface area (Å²) >= 11 is 3.52. The number of rotatable bonds is 4. The van der Waals surface area contributed by atoms with Crippen molar-refractivity contribution in [3.63, 3.8) is 0 Å². The molecule has 3 heterocycles. The lowest BCUT2D eigenvalue weighted by Crippen LogP contribution is -2.27. The van der Waals surface area contributed by atoms with Crippen LogP contribution in [0.1, 0.15) is 16.3 Å². The molecule has 3 aromatic heterocycles. The minimum Gasteiger partial charge on any atom is -0.383 e. The summed E-state index contributed by atoms with van der Waals surface area (Å²) in [6.45, 7) is 2.81. The average Bonchev–Trinajstić information content (AvgIpc) is 3.04. The fourth-order valence-corrected chi connectivity index (χ4v) is 2.70. The Hall–Kier alpha value is -1.93. The number of aromatic amines is 1. The molecule has 0 aliphatic carbocycles. The van der Waals surface area contributed by atoms with E-state index in [4.69, 9.17) is 4.74 Å². The van der Waals surface area contributed by atoms with Crippen LogP contribution in [-0.4, -0.2) is 45.8 Å². The number of nitrogens with zero attached hydrogens (tertiary/aromatic N) is 3. The van der Waals surface area contributed by atoms with E-state index < -0.39 is 0 Å². The first-order chi connectivity index (χ1) is 10.1. The van der Waals surface area contributed by atoms with E-state index in [1.165, 1.54) is 0 Å². The molecule has 8 heteroatoms. The molecule has 0 radical (unpaired) electrons. The highest BCUT2D eigenvalue weighted by Gasteiger charge is 2.15. The Morgan fingerprint density at radius 3 is 3.10 bits per heavy atom. The molecule has 0 atom stereocenters. The van der Waals surface area contributed by atoms with E-state index in [-0.39, 0.29) is 5.91 Å². The van der Waals surface area contributed by atoms with Crippen LogP contribution in [0.25, 0.3) is 16.6 Å². The molecule has 0 saturated carbocycles. The number of hydrogen-bond acceptors (Lipinski definition) is 4. The van der Waals surface area contributed by atoms with E-state index in [2.05, 4.69) is 36.4 Å². The molecule has 1 amide bonds. The molecule has 0 bridgehead atoms. The highest BCUT2D eigenvalue weighted by atomic mass is 79.9. The first kappa shape index (κ1) is 14.0. The summed E-state index contributed by atoms with van der Waals surface area (Å²) in [5, 5.41) is 11.9. The van der Waals surface area contributed by atoms with Crippen molar-refractivity contribution in [1.82, 2.24) is 24.9 Å². The van der Waals surface area contributed by atoms with Crippen molar-refractivity contribution in [2.75, 3.05) is 20.3 Å². The van der Waals surface area contributed by atoms with Crippen molar-refractivity contribution in [3.05, 3.63) is 28.3 Å². The van der Waals surface area contributed by atoms with E-state index in [9.17, 15) is 4.79 Å². The predicted octanol–water partition coefficient (Wildman–Crippen LogP) is 1.66. The minimum atomic E-state index is -0.176. The number of H-pyrrole nitrogens is 1. The van der Waals surface area contributed by atoms with E-state index in [1.807, 2.05) is 17.5 Å². The van der Waals surface area contributed by atoms with Crippen LogP contribution in [0.2, 0.25) is 0 Å². The van der Waals surface area contributed by atoms with Gasteiger partial charge in [0, 0.05) is 29.7 Å². The highest BCUT2D eigenvalue weighted by Crippen LogP contribution is 2.27. The SMILES string of the molecule is COCCNC(=O)c1cc2c(Br)cn3c(C)nnc3c2[nH]1. The summed E-state index contributed by atoms with van der Waals surface area (Å²) in [5.74, 6) is 0.609. The number of aryl methyl sites for hydroxylation is 1. The van der Waals surface area contributed by atoms with Crippen LogP contribution >= 0.6 is 15.9 Å². The third-order valence-corrected chi connectivity index (χ3v) is 3.88. The summed E-state index contributed by atoms with van der Waals surface area (Å²) in [7, 11) is 1.59. The Kier molecular flexibility index (Phi) is 3.64. The van der Waals surface area contributed by atoms with Crippen molar-refractivity contribution in [2.45, 2.75) is 6.92 Å². The molecular formula is C13H14BrN5O2. The first-order valence-corrected chi connectivity index (χ1v) is 7.21. The Morgan fingerprint density at radius 2 is 2.33 bits per heavy atom. The fraction of sp³-hybridized carbons (Fsp3) is 0.308. The molecule has 7 nitrogen and oxygen atoms in total. The van der Waals surface area contributed by atoms with Gasteiger partial charge in [-0.05, 0) is 28.9 Å². The first-order valence-electron chi connectivity index (χ1n) is 6.41. The lowest BCUT2D eigenvalue weighted by molar-refractivity contribution is 0.0933. The Morgan fingerprint density at radius 1 is 1.52 bits per heavy atom. The molecule has 110 valence electrons. The number of hydrogen-bond donors (Lipinski definition) is 2. The van der Waals surface area contributed by atoms with Gasteiger partial charge < -0.3 is 15.0 Å². The van der Waals surface area contributed by atoms with Gasteiger partial charge in [0.2, 0.25) is 0 Å². The number of aromatic nitrogens is 4. The zero-order valence-corrected chi connectivity index (χ0v) is 13.2. The van der Waals surface area contributed by atoms with Crippen molar-refractivity contribution in [1.29, 1.82) is 0 Å². The molecule has 21 heavy (non-hydrogen) atoms. The number of amides is 1. The maximum Gasteiger partial charge on any atom is 0.267 e. The Labute approximate surface area is 128 Å². The van der Waals surface area contributed by atoms with Gasteiger partial charge in [0.05, 0.1) is 12.1 Å². The second kappa shape index (κ2) is 5.45. The molecule has 0 aliphatic heterocycles. The standard InChI is InChI=1S/C13H14BrN5O2/c1-7-17-18-12-11-8(9(14)6-19(7)12)5-10(16-11)13(20)15-3-4-21-2/h5-6,16H,3-4H2,1-2H3,(H,15,20). The predicted molar refractivity (Wildman–Crippen MR) is 81.5 cm³/mol. The van der Waals surface area contributed by atoms with E-state index in [1.54, 1.807) is 13.2 Å². The summed E-state index contributed by atoms with van der Waals surface area (Å²) < 4.78 is 7.66. The number of fused-ring (bicyclic) bond motifs is 3. The highest BCUT2D eigenvalue weighted by molar-refractivity contribution is 9.10. The average molecular weight is 352 g/mol. The summed E-state index contributed by atoms with van der Waals surface area (Å²) in [4.78, 5) is 15.2. The number of carbonyl (C=O) groups excluding carboxylic acids is 1. The van der Waals surface area contributed by atoms with Gasteiger partial charge in [0.25, 0.3) is 5.91 Å². The lowest BCUT2D eigenvalue weighted by Gasteiger charge is -2.01. The van der Waals surface area contributed by atoms with Gasteiger partial charge in [-0.1, -0.05) is 0 Å². The minimum absolute atomic E-state index is 0.176. The van der Waals surface area contributed by atoms with E-state index >= 15 is 0 Å². The normalized spacial score (nSPS) is 11.4. The Bertz CT molecular complexity index is 823. The number of pyridine rings is 1. The zero-order chi connectivity index (χ0) is 15.0. The van der Waals surface area contributed by atoms with Gasteiger partial charge in [-0.2, -0.15) is 0 Å². The quantitative estimate of drug-likeness (QED) is 0.700. The largest absolute Gasteiger partial charge is 0.383 e. The fourth-order valence-electron chi connectivity index (χ4n) is 2.18. The number of carbonyl (C=O) groups is 1. The molecule has 0 saturated heterocycles. The van der Waals surface area contributed by atoms with Crippen LogP contribution in [-0.2, 0) is 4.74 Å². The molecule has 0 fully saturated rings. The third-order valence-electron chi connectivity index (χ3n) is 3.24. The molecule has 0 aromatic carbocycles. The topological polar surface area (TPSA) is 84.3 Å². The summed E-state index contributed by atoms with van der Waals surface area (Å²) in [6.07, 6.45) is 1.90. The molecule has 0 aliphatic rings. The van der Waals surface area contributed by atoms with Crippen LogP contribution in [0.5, 0.6) is 0 Å². The zero-order valence-electron chi connectivity index (χ0n) is 11.6. The second-order valence-electron chi connectivity index (χ2n) is 4.64. The second-order valence-corrected chi connectivity index (χ2v) is 5.49. The summed E-state index contributed by atoms with van der Waals surface area (Å²) in [6, 6.07) is 1.80. The van der Waals surface area contributed by atoms with Crippen LogP contribution in [0.4, 0.5) is 0 Å². The number of methoxy groups -OCH3 is 1. The Balaban J connectivity index is 2.05. The number of nitrogens with one attached hydrogen (secondary N) is 2. The molecule has 3 aromatic rings. The van der Waals surface area contributed by atoms with E-state index in [0.717, 1.165) is 21.2 Å². The van der Waals surface area contributed by atoms with Gasteiger partial charge in [-0.15, -0.1) is 10.2 Å². The molecule has 3 rings (SSSR count). The third kappa shape index (κ3) is 2.40. The van der Waals surface area contributed by atoms with Crippen molar-refractivity contribution < 1.29 is 9.53 Å². The van der Waals surface area contributed by atoms with Gasteiger partial charge in [0.15, 0.2) is 5.65 Å². The van der Waals surface area contributed by atoms with Crippen LogP contribution in [0.15, 0.2) is 16.7 Å². The molecule has 2 N–H and O–H groups in total. The van der Waals surface area contributed by atoms with Gasteiger partial charge in [-0.3, -0.25) is 9.20 Å². The van der Waals surface area contributed by atoms with Gasteiger partial charge in [-0.25, -0.2) is 0 Å². The monoisotopic (exact) mass is 351 g/mol. The maximum atomic E-state index is 12.1. The van der Waals surface area contributed by atoms with Gasteiger partial charge in [0.1, 0.15) is 11.5 Å². The van der Waals surface area contributed by atoms with Crippen molar-refractivity contribution in [2.24, 2.45) is 0 Å². The van der Waals surface area contributed by atoms with Crippen molar-refractivity contribution in [3.8, 4) is 0 Å². The van der Waals surface area contributed by atoms with Crippen LogP contribution in [0.3, 0.4) is 0 Å². The summed E-state index contributed by atoms with van der Waals surface area (Å²) in [5.41, 5.74) is 1.96. The van der Waals surface area contributed by atoms with Crippen LogP contribution < -0.4 is 5.32 Å². The number of ether oxygens (including phenoxy) is 1. The smallest absolute Gasteiger partial charge is 0.267 e. The van der Waals surface area contributed by atoms with Crippen molar-refractivity contribution >= 4 is 38.4 Å². The molecule has 0 unspecified atom stereocenters. The van der Waals surface area contributed by atoms with Crippen LogP contribution in [0, 0.1) is 6.92 Å². The lowest BCUT2D eigenvalue weighted by atomic mass is 10.3. The number of halogens is 1. The molecule has 0 spiro atoms. The molecular weight excluding hydrogens is 338 g/mol.